The van der Waals surface area contributed by atoms with Crippen LogP contribution >= 0.6 is 0 Å². The summed E-state index contributed by atoms with van der Waals surface area (Å²) in [5, 5.41) is 3.32. The lowest BCUT2D eigenvalue weighted by atomic mass is 9.97. The summed E-state index contributed by atoms with van der Waals surface area (Å²) >= 11 is 0. The van der Waals surface area contributed by atoms with Gasteiger partial charge in [-0.15, -0.1) is 0 Å². The number of hydrogen-bond acceptors (Lipinski definition) is 4. The van der Waals surface area contributed by atoms with E-state index >= 15 is 0 Å². The van der Waals surface area contributed by atoms with E-state index in [1.807, 2.05) is 4.90 Å². The van der Waals surface area contributed by atoms with Gasteiger partial charge in [0.25, 0.3) is 0 Å². The Morgan fingerprint density at radius 3 is 2.37 bits per heavy atom. The molecule has 0 radical (unpaired) electrons. The number of nitrogens with zero attached hydrogens (tertiary/aromatic N) is 1. The summed E-state index contributed by atoms with van der Waals surface area (Å²) in [7, 11) is -3.05. The number of rotatable bonds is 6. The highest BCUT2D eigenvalue weighted by molar-refractivity contribution is 7.90. The molecule has 6 heteroatoms. The minimum atomic E-state index is -3.05. The van der Waals surface area contributed by atoms with E-state index in [0.717, 1.165) is 45.3 Å². The molecule has 1 N–H and O–H groups in total. The van der Waals surface area contributed by atoms with Gasteiger partial charge in [-0.25, -0.2) is 8.42 Å². The van der Waals surface area contributed by atoms with Crippen molar-refractivity contribution in [3.63, 3.8) is 0 Å². The van der Waals surface area contributed by atoms with Crippen LogP contribution < -0.4 is 5.32 Å². The van der Waals surface area contributed by atoms with Gasteiger partial charge in [0, 0.05) is 25.3 Å². The third-order valence-electron chi connectivity index (χ3n) is 3.91. The van der Waals surface area contributed by atoms with Gasteiger partial charge in [-0.3, -0.25) is 4.79 Å². The van der Waals surface area contributed by atoms with Crippen molar-refractivity contribution in [2.24, 2.45) is 5.92 Å². The SMILES string of the molecule is CS(=O)(=O)CCC(=O)N(CC1CCNCC1)C1CC1. The molecule has 0 aromatic carbocycles. The van der Waals surface area contributed by atoms with E-state index in [2.05, 4.69) is 5.32 Å². The molecule has 0 atom stereocenters. The topological polar surface area (TPSA) is 66.5 Å². The molecular formula is C13H24N2O3S. The highest BCUT2D eigenvalue weighted by Gasteiger charge is 2.34. The summed E-state index contributed by atoms with van der Waals surface area (Å²) in [6.07, 6.45) is 5.71. The molecule has 0 spiro atoms. The van der Waals surface area contributed by atoms with E-state index in [1.165, 1.54) is 6.26 Å². The Bertz CT molecular complexity index is 412. The molecule has 2 rings (SSSR count). The van der Waals surface area contributed by atoms with E-state index in [4.69, 9.17) is 0 Å². The quantitative estimate of drug-likeness (QED) is 0.769. The fourth-order valence-electron chi connectivity index (χ4n) is 2.60. The lowest BCUT2D eigenvalue weighted by Crippen LogP contribution is -2.41. The summed E-state index contributed by atoms with van der Waals surface area (Å²) < 4.78 is 22.3. The lowest BCUT2D eigenvalue weighted by molar-refractivity contribution is -0.132. The number of hydrogen-bond donors (Lipinski definition) is 1. The van der Waals surface area contributed by atoms with Crippen molar-refractivity contribution in [1.82, 2.24) is 10.2 Å². The van der Waals surface area contributed by atoms with Crippen molar-refractivity contribution in [2.45, 2.75) is 38.1 Å². The van der Waals surface area contributed by atoms with Gasteiger partial charge in [-0.1, -0.05) is 0 Å². The number of sulfone groups is 1. The summed E-state index contributed by atoms with van der Waals surface area (Å²) in [6, 6.07) is 0.377. The number of piperidine rings is 1. The van der Waals surface area contributed by atoms with Crippen LogP contribution in [0.25, 0.3) is 0 Å². The minimum Gasteiger partial charge on any atom is -0.339 e. The Morgan fingerprint density at radius 2 is 1.84 bits per heavy atom. The molecule has 0 aromatic rings. The average Bonchev–Trinajstić information content (AvgIpc) is 3.18. The van der Waals surface area contributed by atoms with Crippen molar-refractivity contribution in [3.8, 4) is 0 Å². The summed E-state index contributed by atoms with van der Waals surface area (Å²) in [6.45, 7) is 2.87. The van der Waals surface area contributed by atoms with Crippen LogP contribution in [-0.4, -0.2) is 56.9 Å². The van der Waals surface area contributed by atoms with Crippen LogP contribution in [-0.2, 0) is 14.6 Å². The van der Waals surface area contributed by atoms with Gasteiger partial charge in [0.2, 0.25) is 5.91 Å². The van der Waals surface area contributed by atoms with Crippen LogP contribution in [0.5, 0.6) is 0 Å². The third-order valence-corrected chi connectivity index (χ3v) is 4.85. The zero-order valence-electron chi connectivity index (χ0n) is 11.6. The Morgan fingerprint density at radius 1 is 1.21 bits per heavy atom. The normalized spacial score (nSPS) is 21.3. The molecule has 1 saturated heterocycles. The second-order valence-corrected chi connectivity index (χ2v) is 8.11. The maximum absolute atomic E-state index is 12.2. The average molecular weight is 288 g/mol. The highest BCUT2D eigenvalue weighted by atomic mass is 32.2. The number of nitrogens with one attached hydrogen (secondary N) is 1. The Balaban J connectivity index is 1.86. The van der Waals surface area contributed by atoms with E-state index in [-0.39, 0.29) is 18.1 Å². The van der Waals surface area contributed by atoms with E-state index in [1.54, 1.807) is 0 Å². The highest BCUT2D eigenvalue weighted by Crippen LogP contribution is 2.29. The first kappa shape index (κ1) is 14.8. The van der Waals surface area contributed by atoms with Gasteiger partial charge in [0.05, 0.1) is 5.75 Å². The van der Waals surface area contributed by atoms with E-state index < -0.39 is 9.84 Å². The van der Waals surface area contributed by atoms with Crippen LogP contribution in [0.4, 0.5) is 0 Å². The first-order valence-electron chi connectivity index (χ1n) is 7.13. The predicted molar refractivity (Wildman–Crippen MR) is 74.7 cm³/mol. The molecule has 0 aromatic heterocycles. The molecule has 1 heterocycles. The standard InChI is InChI=1S/C13H24N2O3S/c1-19(17,18)9-6-13(16)15(12-2-3-12)10-11-4-7-14-8-5-11/h11-12,14H,2-10H2,1H3. The summed E-state index contributed by atoms with van der Waals surface area (Å²) in [5.74, 6) is 0.567. The minimum absolute atomic E-state index is 0.0199. The molecule has 110 valence electrons. The van der Waals surface area contributed by atoms with Gasteiger partial charge < -0.3 is 10.2 Å². The Hall–Kier alpha value is -0.620. The van der Waals surface area contributed by atoms with Crippen LogP contribution in [0.1, 0.15) is 32.1 Å². The molecule has 5 nitrogen and oxygen atoms in total. The maximum Gasteiger partial charge on any atom is 0.223 e. The van der Waals surface area contributed by atoms with Gasteiger partial charge in [-0.2, -0.15) is 0 Å². The first-order chi connectivity index (χ1) is 8.96. The molecule has 0 bridgehead atoms. The lowest BCUT2D eigenvalue weighted by Gasteiger charge is -2.30. The maximum atomic E-state index is 12.2. The summed E-state index contributed by atoms with van der Waals surface area (Å²) in [5.41, 5.74) is 0. The fraction of sp³-hybridized carbons (Fsp3) is 0.923. The Labute approximate surface area is 115 Å². The molecule has 19 heavy (non-hydrogen) atoms. The molecular weight excluding hydrogens is 264 g/mol. The third kappa shape index (κ3) is 5.10. The van der Waals surface area contributed by atoms with Crippen molar-refractivity contribution in [1.29, 1.82) is 0 Å². The molecule has 1 aliphatic carbocycles. The van der Waals surface area contributed by atoms with Crippen LogP contribution in [0.15, 0.2) is 0 Å². The number of carbonyl (C=O) groups is 1. The van der Waals surface area contributed by atoms with Crippen molar-refractivity contribution in [2.75, 3.05) is 31.6 Å². The van der Waals surface area contributed by atoms with Gasteiger partial charge >= 0.3 is 0 Å². The molecule has 2 fully saturated rings. The second kappa shape index (κ2) is 6.22. The molecule has 1 aliphatic heterocycles. The van der Waals surface area contributed by atoms with Crippen molar-refractivity contribution in [3.05, 3.63) is 0 Å². The number of carbonyl (C=O) groups excluding carboxylic acids is 1. The van der Waals surface area contributed by atoms with Crippen LogP contribution in [0.3, 0.4) is 0 Å². The second-order valence-electron chi connectivity index (χ2n) is 5.85. The zero-order chi connectivity index (χ0) is 13.9. The first-order valence-corrected chi connectivity index (χ1v) is 9.19. The van der Waals surface area contributed by atoms with Crippen LogP contribution in [0.2, 0.25) is 0 Å². The summed E-state index contributed by atoms with van der Waals surface area (Å²) in [4.78, 5) is 14.1. The zero-order valence-corrected chi connectivity index (χ0v) is 12.4. The van der Waals surface area contributed by atoms with E-state index in [9.17, 15) is 13.2 Å². The van der Waals surface area contributed by atoms with Gasteiger partial charge in [0.1, 0.15) is 9.84 Å². The van der Waals surface area contributed by atoms with Crippen molar-refractivity contribution >= 4 is 15.7 Å². The van der Waals surface area contributed by atoms with Crippen molar-refractivity contribution < 1.29 is 13.2 Å². The molecule has 2 aliphatic rings. The molecule has 1 saturated carbocycles. The smallest absolute Gasteiger partial charge is 0.223 e. The number of amides is 1. The van der Waals surface area contributed by atoms with E-state index in [0.29, 0.717) is 12.0 Å². The predicted octanol–water partition coefficient (Wildman–Crippen LogP) is 0.412. The largest absolute Gasteiger partial charge is 0.339 e. The molecule has 1 amide bonds. The Kier molecular flexibility index (Phi) is 4.84. The van der Waals surface area contributed by atoms with Gasteiger partial charge in [0.15, 0.2) is 0 Å². The fourth-order valence-corrected chi connectivity index (χ4v) is 3.14. The molecule has 0 unspecified atom stereocenters. The monoisotopic (exact) mass is 288 g/mol. The van der Waals surface area contributed by atoms with Gasteiger partial charge in [-0.05, 0) is 44.7 Å². The van der Waals surface area contributed by atoms with Crippen LogP contribution in [0, 0.1) is 5.92 Å².